The van der Waals surface area contributed by atoms with E-state index in [9.17, 15) is 9.18 Å². The van der Waals surface area contributed by atoms with Crippen LogP contribution in [0.1, 0.15) is 22.3 Å². The van der Waals surface area contributed by atoms with Crippen LogP contribution in [-0.2, 0) is 4.74 Å². The van der Waals surface area contributed by atoms with Gasteiger partial charge in [-0.3, -0.25) is 4.79 Å². The average molecular weight is 274 g/mol. The quantitative estimate of drug-likeness (QED) is 0.809. The Bertz CT molecular complexity index is 412. The summed E-state index contributed by atoms with van der Waals surface area (Å²) in [6.45, 7) is 2.59. The Morgan fingerprint density at radius 3 is 2.89 bits per heavy atom. The number of rotatable bonds is 6. The first-order valence-corrected chi connectivity index (χ1v) is 6.15. The van der Waals surface area contributed by atoms with Gasteiger partial charge in [-0.1, -0.05) is 6.07 Å². The second-order valence-electron chi connectivity index (χ2n) is 4.08. The molecule has 1 atom stereocenters. The monoisotopic (exact) mass is 273 g/mol. The van der Waals surface area contributed by atoms with E-state index in [1.165, 1.54) is 12.1 Å². The lowest BCUT2D eigenvalue weighted by Gasteiger charge is -2.09. The zero-order chi connectivity index (χ0) is 13.5. The summed E-state index contributed by atoms with van der Waals surface area (Å²) >= 11 is 5.91. The number of alkyl halides is 1. The highest BCUT2D eigenvalue weighted by Gasteiger charge is 2.11. The van der Waals surface area contributed by atoms with E-state index in [-0.39, 0.29) is 10.9 Å². The number of benzene rings is 1. The van der Waals surface area contributed by atoms with E-state index < -0.39 is 11.7 Å². The van der Waals surface area contributed by atoms with Crippen LogP contribution in [0.2, 0.25) is 0 Å². The molecule has 0 fully saturated rings. The lowest BCUT2D eigenvalue weighted by molar-refractivity contribution is 0.0947. The minimum atomic E-state index is -0.508. The van der Waals surface area contributed by atoms with Crippen molar-refractivity contribution in [2.45, 2.75) is 18.7 Å². The molecule has 0 aliphatic heterocycles. The molecule has 1 N–H and O–H groups in total. The molecule has 1 aromatic rings. The molecule has 0 radical (unpaired) electrons. The largest absolute Gasteiger partial charge is 0.383 e. The highest BCUT2D eigenvalue weighted by molar-refractivity contribution is 6.20. The zero-order valence-corrected chi connectivity index (χ0v) is 11.3. The van der Waals surface area contributed by atoms with Crippen molar-refractivity contribution < 1.29 is 13.9 Å². The van der Waals surface area contributed by atoms with Crippen molar-refractivity contribution in [2.24, 2.45) is 0 Å². The minimum Gasteiger partial charge on any atom is -0.383 e. The summed E-state index contributed by atoms with van der Waals surface area (Å²) in [5, 5.41) is 2.48. The normalized spacial score (nSPS) is 12.2. The highest BCUT2D eigenvalue weighted by atomic mass is 35.5. The molecule has 1 rings (SSSR count). The van der Waals surface area contributed by atoms with Crippen LogP contribution in [0.15, 0.2) is 18.2 Å². The Morgan fingerprint density at radius 1 is 1.56 bits per heavy atom. The van der Waals surface area contributed by atoms with Gasteiger partial charge in [0.05, 0.1) is 17.5 Å². The van der Waals surface area contributed by atoms with Crippen LogP contribution in [0.5, 0.6) is 0 Å². The molecular weight excluding hydrogens is 257 g/mol. The molecule has 5 heteroatoms. The smallest absolute Gasteiger partial charge is 0.254 e. The van der Waals surface area contributed by atoms with Gasteiger partial charge in [0.2, 0.25) is 0 Å². The molecule has 0 aliphatic rings. The van der Waals surface area contributed by atoms with Gasteiger partial charge >= 0.3 is 0 Å². The SMILES string of the molecule is COCC(Cl)CCNC(=O)c1ccc(C)cc1F. The van der Waals surface area contributed by atoms with Crippen molar-refractivity contribution >= 4 is 17.5 Å². The van der Waals surface area contributed by atoms with E-state index in [4.69, 9.17) is 16.3 Å². The van der Waals surface area contributed by atoms with E-state index in [1.807, 2.05) is 0 Å². The maximum atomic E-state index is 13.5. The number of carbonyl (C=O) groups is 1. The number of halogens is 2. The maximum absolute atomic E-state index is 13.5. The fourth-order valence-corrected chi connectivity index (χ4v) is 1.74. The molecule has 0 spiro atoms. The van der Waals surface area contributed by atoms with Gasteiger partial charge in [0.1, 0.15) is 5.82 Å². The van der Waals surface area contributed by atoms with Crippen LogP contribution in [0, 0.1) is 12.7 Å². The van der Waals surface area contributed by atoms with Crippen LogP contribution in [0.4, 0.5) is 4.39 Å². The second-order valence-corrected chi connectivity index (χ2v) is 4.70. The summed E-state index contributed by atoms with van der Waals surface area (Å²) in [6.07, 6.45) is 0.578. The average Bonchev–Trinajstić information content (AvgIpc) is 2.29. The molecule has 0 saturated heterocycles. The predicted molar refractivity (Wildman–Crippen MR) is 69.6 cm³/mol. The van der Waals surface area contributed by atoms with Crippen molar-refractivity contribution in [1.29, 1.82) is 0 Å². The molecule has 0 aromatic heterocycles. The van der Waals surface area contributed by atoms with E-state index in [0.717, 1.165) is 5.56 Å². The summed E-state index contributed by atoms with van der Waals surface area (Å²) in [5.41, 5.74) is 0.837. The Labute approximate surface area is 111 Å². The van der Waals surface area contributed by atoms with Crippen LogP contribution < -0.4 is 5.32 Å². The number of amides is 1. The number of methoxy groups -OCH3 is 1. The predicted octanol–water partition coefficient (Wildman–Crippen LogP) is 2.51. The van der Waals surface area contributed by atoms with Crippen molar-refractivity contribution in [3.63, 3.8) is 0 Å². The number of carbonyl (C=O) groups excluding carboxylic acids is 1. The molecule has 0 heterocycles. The molecule has 18 heavy (non-hydrogen) atoms. The summed E-state index contributed by atoms with van der Waals surface area (Å²) < 4.78 is 18.4. The second kappa shape index (κ2) is 7.34. The Balaban J connectivity index is 2.45. The van der Waals surface area contributed by atoms with Crippen molar-refractivity contribution in [3.05, 3.63) is 35.1 Å². The van der Waals surface area contributed by atoms with Crippen LogP contribution in [0.25, 0.3) is 0 Å². The first-order chi connectivity index (χ1) is 8.54. The number of hydrogen-bond acceptors (Lipinski definition) is 2. The van der Waals surface area contributed by atoms with Crippen molar-refractivity contribution in [1.82, 2.24) is 5.32 Å². The van der Waals surface area contributed by atoms with E-state index in [2.05, 4.69) is 5.32 Å². The van der Waals surface area contributed by atoms with Gasteiger partial charge in [0, 0.05) is 13.7 Å². The molecule has 1 aromatic carbocycles. The lowest BCUT2D eigenvalue weighted by Crippen LogP contribution is -2.27. The Morgan fingerprint density at radius 2 is 2.28 bits per heavy atom. The molecule has 1 amide bonds. The van der Waals surface area contributed by atoms with Gasteiger partial charge in [0.15, 0.2) is 0 Å². The first kappa shape index (κ1) is 14.9. The number of nitrogens with one attached hydrogen (secondary N) is 1. The molecule has 3 nitrogen and oxygen atoms in total. The molecular formula is C13H17ClFNO2. The summed E-state index contributed by atoms with van der Waals surface area (Å²) in [5.74, 6) is -0.930. The number of hydrogen-bond donors (Lipinski definition) is 1. The van der Waals surface area contributed by atoms with E-state index in [0.29, 0.717) is 19.6 Å². The summed E-state index contributed by atoms with van der Waals surface area (Å²) in [6, 6.07) is 4.52. The van der Waals surface area contributed by atoms with Gasteiger partial charge in [0.25, 0.3) is 5.91 Å². The Hall–Kier alpha value is -1.13. The third-order valence-electron chi connectivity index (χ3n) is 2.46. The zero-order valence-electron chi connectivity index (χ0n) is 10.5. The van der Waals surface area contributed by atoms with E-state index in [1.54, 1.807) is 20.1 Å². The van der Waals surface area contributed by atoms with Gasteiger partial charge in [-0.25, -0.2) is 4.39 Å². The van der Waals surface area contributed by atoms with Gasteiger partial charge in [-0.2, -0.15) is 0 Å². The van der Waals surface area contributed by atoms with Crippen molar-refractivity contribution in [2.75, 3.05) is 20.3 Å². The third kappa shape index (κ3) is 4.63. The fourth-order valence-electron chi connectivity index (χ4n) is 1.51. The summed E-state index contributed by atoms with van der Waals surface area (Å²) in [4.78, 5) is 11.7. The minimum absolute atomic E-state index is 0.0541. The maximum Gasteiger partial charge on any atom is 0.254 e. The molecule has 0 bridgehead atoms. The Kier molecular flexibility index (Phi) is 6.09. The lowest BCUT2D eigenvalue weighted by atomic mass is 10.1. The van der Waals surface area contributed by atoms with Crippen molar-refractivity contribution in [3.8, 4) is 0 Å². The van der Waals surface area contributed by atoms with Crippen LogP contribution >= 0.6 is 11.6 Å². The van der Waals surface area contributed by atoms with Gasteiger partial charge < -0.3 is 10.1 Å². The number of ether oxygens (including phenoxy) is 1. The van der Waals surface area contributed by atoms with E-state index >= 15 is 0 Å². The first-order valence-electron chi connectivity index (χ1n) is 5.72. The fraction of sp³-hybridized carbons (Fsp3) is 0.462. The third-order valence-corrected chi connectivity index (χ3v) is 2.80. The molecule has 0 saturated carbocycles. The van der Waals surface area contributed by atoms with Crippen LogP contribution in [0.3, 0.4) is 0 Å². The molecule has 100 valence electrons. The molecule has 0 aliphatic carbocycles. The van der Waals surface area contributed by atoms with Gasteiger partial charge in [-0.15, -0.1) is 11.6 Å². The highest BCUT2D eigenvalue weighted by Crippen LogP contribution is 2.09. The standard InChI is InChI=1S/C13H17ClFNO2/c1-9-3-4-11(12(15)7-9)13(17)16-6-5-10(14)8-18-2/h3-4,7,10H,5-6,8H2,1-2H3,(H,16,17). The van der Waals surface area contributed by atoms with Gasteiger partial charge in [-0.05, 0) is 31.0 Å². The number of aryl methyl sites for hydroxylation is 1. The topological polar surface area (TPSA) is 38.3 Å². The van der Waals surface area contributed by atoms with Crippen LogP contribution in [-0.4, -0.2) is 31.5 Å². The molecule has 1 unspecified atom stereocenters. The summed E-state index contributed by atoms with van der Waals surface area (Å²) in [7, 11) is 1.57.